The van der Waals surface area contributed by atoms with E-state index in [0.717, 1.165) is 22.3 Å². The number of ether oxygens (including phenoxy) is 1. The van der Waals surface area contributed by atoms with Crippen LogP contribution in [-0.4, -0.2) is 71.6 Å². The van der Waals surface area contributed by atoms with Gasteiger partial charge in [-0.25, -0.2) is 14.2 Å². The standard InChI is InChI=1S/C23H21F4N5O4S/c24-13-2-4-14(5-3-13)28-20(35)30-21-29-15-6-1-12(9-18(15)37-21)22(23(25,26)27)19(34)32-7-8-36-11-17(32)16(10-33)31-22/h1-6,9,16-17,31,33H,7-8,10-11H2,(H2,28,29,30,35)/t16-,17+,22+/m0/s1. The number of thiazole rings is 1. The first-order chi connectivity index (χ1) is 17.6. The van der Waals surface area contributed by atoms with Gasteiger partial charge in [-0.3, -0.25) is 15.4 Å². The molecule has 14 heteroatoms. The van der Waals surface area contributed by atoms with Crippen molar-refractivity contribution in [2.75, 3.05) is 37.0 Å². The van der Waals surface area contributed by atoms with Gasteiger partial charge in [0.2, 0.25) is 5.54 Å². The lowest BCUT2D eigenvalue weighted by Crippen LogP contribution is -2.77. The van der Waals surface area contributed by atoms with Gasteiger partial charge in [0.1, 0.15) is 5.82 Å². The minimum Gasteiger partial charge on any atom is -0.395 e. The second kappa shape index (κ2) is 9.52. The van der Waals surface area contributed by atoms with Crippen LogP contribution >= 0.6 is 11.3 Å². The molecule has 2 aromatic carbocycles. The second-order valence-corrected chi connectivity index (χ2v) is 9.64. The maximum atomic E-state index is 14.7. The molecule has 3 amide bonds. The number of nitrogens with one attached hydrogen (secondary N) is 3. The topological polar surface area (TPSA) is 116 Å². The lowest BCUT2D eigenvalue weighted by Gasteiger charge is -2.52. The van der Waals surface area contributed by atoms with E-state index in [1.165, 1.54) is 36.4 Å². The summed E-state index contributed by atoms with van der Waals surface area (Å²) in [6, 6.07) is 6.32. The summed E-state index contributed by atoms with van der Waals surface area (Å²) < 4.78 is 62.7. The third-order valence-corrected chi connectivity index (χ3v) is 7.31. The van der Waals surface area contributed by atoms with Crippen molar-refractivity contribution < 1.29 is 37.0 Å². The molecule has 3 aromatic rings. The quantitative estimate of drug-likeness (QED) is 0.379. The van der Waals surface area contributed by atoms with Crippen LogP contribution in [0.2, 0.25) is 0 Å². The van der Waals surface area contributed by atoms with Gasteiger partial charge in [-0.15, -0.1) is 0 Å². The number of hydrogen-bond acceptors (Lipinski definition) is 7. The minimum absolute atomic E-state index is 0.0147. The van der Waals surface area contributed by atoms with Gasteiger partial charge >= 0.3 is 12.2 Å². The number of benzene rings is 2. The van der Waals surface area contributed by atoms with E-state index in [-0.39, 0.29) is 30.5 Å². The molecule has 0 unspecified atom stereocenters. The van der Waals surface area contributed by atoms with Crippen molar-refractivity contribution in [3.8, 4) is 0 Å². The molecule has 1 aromatic heterocycles. The molecule has 2 saturated heterocycles. The van der Waals surface area contributed by atoms with Crippen molar-refractivity contribution in [3.05, 3.63) is 53.8 Å². The van der Waals surface area contributed by atoms with E-state index in [1.54, 1.807) is 0 Å². The average Bonchev–Trinajstić information content (AvgIpc) is 3.26. The number of hydrogen-bond donors (Lipinski definition) is 4. The molecule has 0 saturated carbocycles. The number of alkyl halides is 3. The molecular formula is C23H21F4N5O4S. The van der Waals surface area contributed by atoms with Crippen LogP contribution in [-0.2, 0) is 15.1 Å². The van der Waals surface area contributed by atoms with Crippen molar-refractivity contribution in [1.82, 2.24) is 15.2 Å². The van der Waals surface area contributed by atoms with Crippen molar-refractivity contribution in [2.45, 2.75) is 23.8 Å². The van der Waals surface area contributed by atoms with E-state index >= 15 is 0 Å². The Morgan fingerprint density at radius 1 is 1.24 bits per heavy atom. The van der Waals surface area contributed by atoms with Gasteiger partial charge < -0.3 is 20.1 Å². The molecule has 3 heterocycles. The van der Waals surface area contributed by atoms with Gasteiger partial charge in [0.25, 0.3) is 5.91 Å². The number of nitrogens with zero attached hydrogens (tertiary/aromatic N) is 2. The maximum absolute atomic E-state index is 14.7. The fraction of sp³-hybridized carbons (Fsp3) is 0.348. The molecule has 196 valence electrons. The molecule has 0 spiro atoms. The number of morpholine rings is 1. The molecule has 3 atom stereocenters. The fourth-order valence-electron chi connectivity index (χ4n) is 4.60. The van der Waals surface area contributed by atoms with Crippen molar-refractivity contribution in [2.24, 2.45) is 0 Å². The average molecular weight is 540 g/mol. The number of rotatable bonds is 4. The number of aromatic nitrogens is 1. The lowest BCUT2D eigenvalue weighted by atomic mass is 9.82. The van der Waals surface area contributed by atoms with Crippen LogP contribution in [0.15, 0.2) is 42.5 Å². The third-order valence-electron chi connectivity index (χ3n) is 6.38. The number of anilines is 2. The van der Waals surface area contributed by atoms with Crippen LogP contribution in [0.4, 0.5) is 33.2 Å². The van der Waals surface area contributed by atoms with Crippen LogP contribution in [0, 0.1) is 5.82 Å². The fourth-order valence-corrected chi connectivity index (χ4v) is 5.50. The number of amides is 3. The SMILES string of the molecule is O=C(Nc1ccc(F)cc1)Nc1nc2ccc([C@@]3(C(F)(F)F)N[C@@H](CO)[C@H]4COCCN4C3=O)cc2s1. The number of urea groups is 1. The first kappa shape index (κ1) is 25.3. The predicted octanol–water partition coefficient (Wildman–Crippen LogP) is 3.03. The van der Waals surface area contributed by atoms with E-state index in [1.807, 2.05) is 0 Å². The van der Waals surface area contributed by atoms with Crippen LogP contribution in [0.25, 0.3) is 10.2 Å². The van der Waals surface area contributed by atoms with E-state index < -0.39 is 48.2 Å². The van der Waals surface area contributed by atoms with E-state index in [9.17, 15) is 32.3 Å². The monoisotopic (exact) mass is 539 g/mol. The highest BCUT2D eigenvalue weighted by Crippen LogP contribution is 2.45. The smallest absolute Gasteiger partial charge is 0.395 e. The molecule has 0 radical (unpaired) electrons. The number of fused-ring (bicyclic) bond motifs is 2. The van der Waals surface area contributed by atoms with Gasteiger partial charge in [0, 0.05) is 12.2 Å². The number of carbonyl (C=O) groups excluding carboxylic acids is 2. The number of aliphatic hydroxyl groups is 1. The maximum Gasteiger partial charge on any atom is 0.419 e. The van der Waals surface area contributed by atoms with Crippen LogP contribution < -0.4 is 16.0 Å². The summed E-state index contributed by atoms with van der Waals surface area (Å²) in [7, 11) is 0. The Hall–Kier alpha value is -3.33. The summed E-state index contributed by atoms with van der Waals surface area (Å²) >= 11 is 0.924. The first-order valence-corrected chi connectivity index (χ1v) is 12.0. The molecule has 2 aliphatic heterocycles. The Morgan fingerprint density at radius 2 is 2.00 bits per heavy atom. The molecular weight excluding hydrogens is 518 g/mol. The highest BCUT2D eigenvalue weighted by Gasteiger charge is 2.67. The molecule has 0 aliphatic carbocycles. The Balaban J connectivity index is 1.46. The summed E-state index contributed by atoms with van der Waals surface area (Å²) in [5, 5.41) is 17.3. The largest absolute Gasteiger partial charge is 0.419 e. The van der Waals surface area contributed by atoms with Gasteiger partial charge in [0.05, 0.1) is 42.1 Å². The zero-order valence-corrected chi connectivity index (χ0v) is 19.8. The van der Waals surface area contributed by atoms with Gasteiger partial charge in [-0.05, 0) is 42.0 Å². The zero-order chi connectivity index (χ0) is 26.4. The summed E-state index contributed by atoms with van der Waals surface area (Å²) in [4.78, 5) is 31.0. The Kier molecular flexibility index (Phi) is 6.52. The molecule has 2 fully saturated rings. The summed E-state index contributed by atoms with van der Waals surface area (Å²) in [5.41, 5.74) is -2.79. The lowest BCUT2D eigenvalue weighted by molar-refractivity contribution is -0.227. The molecule has 2 aliphatic rings. The summed E-state index contributed by atoms with van der Waals surface area (Å²) in [6.45, 7) is -0.548. The predicted molar refractivity (Wildman–Crippen MR) is 127 cm³/mol. The third kappa shape index (κ3) is 4.50. The molecule has 37 heavy (non-hydrogen) atoms. The summed E-state index contributed by atoms with van der Waals surface area (Å²) in [5.74, 6) is -1.64. The van der Waals surface area contributed by atoms with Crippen molar-refractivity contribution in [3.63, 3.8) is 0 Å². The molecule has 0 bridgehead atoms. The second-order valence-electron chi connectivity index (χ2n) is 8.61. The van der Waals surface area contributed by atoms with Crippen molar-refractivity contribution in [1.29, 1.82) is 0 Å². The normalized spacial score (nSPS) is 24.1. The number of carbonyl (C=O) groups is 2. The van der Waals surface area contributed by atoms with E-state index in [0.29, 0.717) is 15.9 Å². The molecule has 9 nitrogen and oxygen atoms in total. The minimum atomic E-state index is -5.03. The number of halogens is 4. The Morgan fingerprint density at radius 3 is 2.70 bits per heavy atom. The zero-order valence-electron chi connectivity index (χ0n) is 19.0. The van der Waals surface area contributed by atoms with Gasteiger partial charge in [-0.1, -0.05) is 17.4 Å². The Labute approximate surface area is 211 Å². The van der Waals surface area contributed by atoms with Crippen molar-refractivity contribution >= 4 is 44.3 Å². The highest BCUT2D eigenvalue weighted by atomic mass is 32.1. The molecule has 5 rings (SSSR count). The Bertz CT molecular complexity index is 1330. The van der Waals surface area contributed by atoms with Crippen LogP contribution in [0.1, 0.15) is 5.56 Å². The van der Waals surface area contributed by atoms with E-state index in [2.05, 4.69) is 20.9 Å². The van der Waals surface area contributed by atoms with Crippen LogP contribution in [0.3, 0.4) is 0 Å². The van der Waals surface area contributed by atoms with Crippen LogP contribution in [0.5, 0.6) is 0 Å². The van der Waals surface area contributed by atoms with E-state index in [4.69, 9.17) is 4.74 Å². The number of piperazine rings is 1. The summed E-state index contributed by atoms with van der Waals surface area (Å²) in [6.07, 6.45) is -5.03. The van der Waals surface area contributed by atoms with Gasteiger partial charge in [-0.2, -0.15) is 13.2 Å². The first-order valence-electron chi connectivity index (χ1n) is 11.2. The molecule has 4 N–H and O–H groups in total. The number of aliphatic hydroxyl groups excluding tert-OH is 1. The highest BCUT2D eigenvalue weighted by molar-refractivity contribution is 7.22. The van der Waals surface area contributed by atoms with Gasteiger partial charge in [0.15, 0.2) is 5.13 Å².